The third kappa shape index (κ3) is 3.60. The Kier molecular flexibility index (Phi) is 4.94. The van der Waals surface area contributed by atoms with Gasteiger partial charge in [-0.2, -0.15) is 0 Å². The lowest BCUT2D eigenvalue weighted by Crippen LogP contribution is -2.23. The SMILES string of the molecule is COc1cccc(Cl)c1CNC(=O)c1cc(O)ccc1Cl. The molecule has 2 N–H and O–H groups in total. The lowest BCUT2D eigenvalue weighted by Gasteiger charge is -2.12. The van der Waals surface area contributed by atoms with Crippen LogP contribution in [0.3, 0.4) is 0 Å². The van der Waals surface area contributed by atoms with Gasteiger partial charge in [0.2, 0.25) is 0 Å². The van der Waals surface area contributed by atoms with Gasteiger partial charge in [-0.1, -0.05) is 29.3 Å². The third-order valence-electron chi connectivity index (χ3n) is 2.92. The number of benzene rings is 2. The van der Waals surface area contributed by atoms with Crippen molar-refractivity contribution in [1.29, 1.82) is 0 Å². The first-order valence-electron chi connectivity index (χ1n) is 6.11. The van der Waals surface area contributed by atoms with E-state index in [-0.39, 0.29) is 22.9 Å². The van der Waals surface area contributed by atoms with Crippen molar-refractivity contribution in [3.63, 3.8) is 0 Å². The second-order valence-electron chi connectivity index (χ2n) is 4.27. The van der Waals surface area contributed by atoms with Gasteiger partial charge in [-0.3, -0.25) is 4.79 Å². The molecule has 0 heterocycles. The van der Waals surface area contributed by atoms with E-state index < -0.39 is 5.91 Å². The average Bonchev–Trinajstić information content (AvgIpc) is 2.47. The van der Waals surface area contributed by atoms with Gasteiger partial charge in [0.1, 0.15) is 11.5 Å². The number of phenolic OH excluding ortho intramolecular Hbond substituents is 1. The summed E-state index contributed by atoms with van der Waals surface area (Å²) in [5, 5.41) is 12.9. The van der Waals surface area contributed by atoms with Gasteiger partial charge in [-0.15, -0.1) is 0 Å². The van der Waals surface area contributed by atoms with Crippen LogP contribution in [0.25, 0.3) is 0 Å². The Morgan fingerprint density at radius 2 is 2.00 bits per heavy atom. The molecule has 0 bridgehead atoms. The number of phenols is 1. The average molecular weight is 326 g/mol. The molecule has 6 heteroatoms. The molecule has 4 nitrogen and oxygen atoms in total. The second kappa shape index (κ2) is 6.70. The maximum Gasteiger partial charge on any atom is 0.253 e. The predicted octanol–water partition coefficient (Wildman–Crippen LogP) is 3.64. The first kappa shape index (κ1) is 15.5. The van der Waals surface area contributed by atoms with Gasteiger partial charge in [-0.05, 0) is 30.3 Å². The van der Waals surface area contributed by atoms with Crippen LogP contribution in [0.1, 0.15) is 15.9 Å². The van der Waals surface area contributed by atoms with Crippen molar-refractivity contribution in [2.24, 2.45) is 0 Å². The number of ether oxygens (including phenoxy) is 1. The Morgan fingerprint density at radius 1 is 1.24 bits per heavy atom. The minimum absolute atomic E-state index is 0.0279. The largest absolute Gasteiger partial charge is 0.508 e. The van der Waals surface area contributed by atoms with Crippen LogP contribution in [-0.4, -0.2) is 18.1 Å². The van der Waals surface area contributed by atoms with Gasteiger partial charge >= 0.3 is 0 Å². The Bertz CT molecular complexity index is 674. The van der Waals surface area contributed by atoms with E-state index in [1.54, 1.807) is 18.2 Å². The summed E-state index contributed by atoms with van der Waals surface area (Å²) in [6, 6.07) is 9.42. The molecule has 0 radical (unpaired) electrons. The predicted molar refractivity (Wildman–Crippen MR) is 82.3 cm³/mol. The fourth-order valence-electron chi connectivity index (χ4n) is 1.85. The minimum Gasteiger partial charge on any atom is -0.508 e. The monoisotopic (exact) mass is 325 g/mol. The Balaban J connectivity index is 2.17. The number of rotatable bonds is 4. The van der Waals surface area contributed by atoms with Crippen LogP contribution in [0.15, 0.2) is 36.4 Å². The van der Waals surface area contributed by atoms with Gasteiger partial charge in [0.15, 0.2) is 0 Å². The highest BCUT2D eigenvalue weighted by molar-refractivity contribution is 6.34. The summed E-state index contributed by atoms with van der Waals surface area (Å²) in [6.45, 7) is 0.188. The number of carbonyl (C=O) groups excluding carboxylic acids is 1. The first-order chi connectivity index (χ1) is 10.0. The van der Waals surface area contributed by atoms with Gasteiger partial charge in [0.25, 0.3) is 5.91 Å². The summed E-state index contributed by atoms with van der Waals surface area (Å²) in [7, 11) is 1.53. The van der Waals surface area contributed by atoms with Crippen LogP contribution in [0.5, 0.6) is 11.5 Å². The minimum atomic E-state index is -0.405. The summed E-state index contributed by atoms with van der Waals surface area (Å²) in [5.74, 6) is 0.155. The third-order valence-corrected chi connectivity index (χ3v) is 3.60. The van der Waals surface area contributed by atoms with E-state index >= 15 is 0 Å². The molecule has 2 rings (SSSR count). The summed E-state index contributed by atoms with van der Waals surface area (Å²) < 4.78 is 5.21. The van der Waals surface area contributed by atoms with Crippen LogP contribution in [0.2, 0.25) is 10.0 Å². The Hall–Kier alpha value is -1.91. The van der Waals surface area contributed by atoms with Crippen LogP contribution in [0, 0.1) is 0 Å². The highest BCUT2D eigenvalue weighted by atomic mass is 35.5. The maximum absolute atomic E-state index is 12.1. The summed E-state index contributed by atoms with van der Waals surface area (Å²) in [5.41, 5.74) is 0.869. The molecule has 0 aromatic heterocycles. The normalized spacial score (nSPS) is 10.2. The van der Waals surface area contributed by atoms with Crippen molar-refractivity contribution in [2.75, 3.05) is 7.11 Å². The molecule has 0 fully saturated rings. The first-order valence-corrected chi connectivity index (χ1v) is 6.86. The molecule has 2 aromatic carbocycles. The molecule has 0 atom stereocenters. The lowest BCUT2D eigenvalue weighted by molar-refractivity contribution is 0.0950. The highest BCUT2D eigenvalue weighted by Crippen LogP contribution is 2.26. The van der Waals surface area contributed by atoms with Gasteiger partial charge in [0, 0.05) is 17.1 Å². The molecular formula is C15H13Cl2NO3. The number of methoxy groups -OCH3 is 1. The molecule has 2 aromatic rings. The Morgan fingerprint density at radius 3 is 2.71 bits per heavy atom. The molecule has 0 aliphatic heterocycles. The van der Waals surface area contributed by atoms with E-state index in [1.807, 2.05) is 0 Å². The van der Waals surface area contributed by atoms with Crippen LogP contribution in [0.4, 0.5) is 0 Å². The van der Waals surface area contributed by atoms with Crippen molar-refractivity contribution < 1.29 is 14.6 Å². The van der Waals surface area contributed by atoms with Gasteiger partial charge < -0.3 is 15.2 Å². The highest BCUT2D eigenvalue weighted by Gasteiger charge is 2.13. The van der Waals surface area contributed by atoms with Gasteiger partial charge in [0.05, 0.1) is 17.7 Å². The number of nitrogens with one attached hydrogen (secondary N) is 1. The second-order valence-corrected chi connectivity index (χ2v) is 5.08. The van der Waals surface area contributed by atoms with E-state index in [2.05, 4.69) is 5.32 Å². The van der Waals surface area contributed by atoms with Gasteiger partial charge in [-0.25, -0.2) is 0 Å². The summed E-state index contributed by atoms with van der Waals surface area (Å²) in [6.07, 6.45) is 0. The summed E-state index contributed by atoms with van der Waals surface area (Å²) in [4.78, 5) is 12.1. The van der Waals surface area contributed by atoms with E-state index in [4.69, 9.17) is 27.9 Å². The number of carbonyl (C=O) groups is 1. The number of hydrogen-bond acceptors (Lipinski definition) is 3. The van der Waals surface area contributed by atoms with Crippen molar-refractivity contribution in [3.8, 4) is 11.5 Å². The standard InChI is InChI=1S/C15H13Cl2NO3/c1-21-14-4-2-3-12(16)11(14)8-18-15(20)10-7-9(19)5-6-13(10)17/h2-7,19H,8H2,1H3,(H,18,20). The van der Waals surface area contributed by atoms with Crippen LogP contribution >= 0.6 is 23.2 Å². The van der Waals surface area contributed by atoms with E-state index in [9.17, 15) is 9.90 Å². The number of hydrogen-bond donors (Lipinski definition) is 2. The molecule has 0 aliphatic carbocycles. The van der Waals surface area contributed by atoms with Crippen LogP contribution in [-0.2, 0) is 6.54 Å². The zero-order valence-electron chi connectivity index (χ0n) is 11.2. The fourth-order valence-corrected chi connectivity index (χ4v) is 2.29. The zero-order valence-corrected chi connectivity index (χ0v) is 12.7. The molecule has 0 saturated heterocycles. The zero-order chi connectivity index (χ0) is 15.4. The van der Waals surface area contributed by atoms with Crippen molar-refractivity contribution >= 4 is 29.1 Å². The molecule has 1 amide bonds. The van der Waals surface area contributed by atoms with E-state index in [0.29, 0.717) is 16.3 Å². The molecule has 0 unspecified atom stereocenters. The quantitative estimate of drug-likeness (QED) is 0.902. The smallest absolute Gasteiger partial charge is 0.253 e. The number of aromatic hydroxyl groups is 1. The number of amides is 1. The summed E-state index contributed by atoms with van der Waals surface area (Å²) >= 11 is 12.0. The topological polar surface area (TPSA) is 58.6 Å². The van der Waals surface area contributed by atoms with Crippen molar-refractivity contribution in [3.05, 3.63) is 57.6 Å². The van der Waals surface area contributed by atoms with Crippen molar-refractivity contribution in [1.82, 2.24) is 5.32 Å². The molecule has 0 spiro atoms. The molecular weight excluding hydrogens is 313 g/mol. The lowest BCUT2D eigenvalue weighted by atomic mass is 10.1. The molecule has 110 valence electrons. The molecule has 0 aliphatic rings. The van der Waals surface area contributed by atoms with Crippen molar-refractivity contribution in [2.45, 2.75) is 6.54 Å². The molecule has 21 heavy (non-hydrogen) atoms. The van der Waals surface area contributed by atoms with E-state index in [0.717, 1.165) is 0 Å². The Labute approximate surface area is 132 Å². The maximum atomic E-state index is 12.1. The molecule has 0 saturated carbocycles. The van der Waals surface area contributed by atoms with E-state index in [1.165, 1.54) is 25.3 Å². The van der Waals surface area contributed by atoms with Crippen LogP contribution < -0.4 is 10.1 Å². The fraction of sp³-hybridized carbons (Fsp3) is 0.133. The number of halogens is 2.